The van der Waals surface area contributed by atoms with Gasteiger partial charge in [0.1, 0.15) is 5.75 Å². The van der Waals surface area contributed by atoms with E-state index in [1.54, 1.807) is 29.4 Å². The van der Waals surface area contributed by atoms with Gasteiger partial charge in [-0.05, 0) is 47.4 Å². The average molecular weight is 385 g/mol. The maximum absolute atomic E-state index is 12.9. The van der Waals surface area contributed by atoms with Crippen molar-refractivity contribution in [2.45, 2.75) is 26.4 Å². The van der Waals surface area contributed by atoms with Gasteiger partial charge in [-0.1, -0.05) is 42.5 Å². The van der Waals surface area contributed by atoms with E-state index in [1.165, 1.54) is 0 Å². The highest BCUT2D eigenvalue weighted by atomic mass is 16.5. The Morgan fingerprint density at radius 2 is 1.83 bits per heavy atom. The molecule has 0 radical (unpaired) electrons. The highest BCUT2D eigenvalue weighted by Gasteiger charge is 2.16. The standard InChI is InChI=1S/C24H23N3O2/c1-19-5-2-3-7-22(19)17-27(16-21-6-4-14-26-15-21)24(28)18-29-23-10-8-20(9-11-23)12-13-25/h2-11,14-15H,12,16-18H2,1H3. The van der Waals surface area contributed by atoms with Crippen molar-refractivity contribution in [3.63, 3.8) is 0 Å². The fraction of sp³-hybridized carbons (Fsp3) is 0.208. The molecule has 0 bridgehead atoms. The number of aryl methyl sites for hydroxylation is 1. The highest BCUT2D eigenvalue weighted by molar-refractivity contribution is 5.77. The zero-order chi connectivity index (χ0) is 20.5. The molecule has 1 heterocycles. The lowest BCUT2D eigenvalue weighted by Gasteiger charge is -2.24. The van der Waals surface area contributed by atoms with Gasteiger partial charge in [-0.25, -0.2) is 0 Å². The van der Waals surface area contributed by atoms with Crippen molar-refractivity contribution in [2.75, 3.05) is 6.61 Å². The summed E-state index contributed by atoms with van der Waals surface area (Å²) in [6, 6.07) is 21.2. The Labute approximate surface area is 171 Å². The number of carbonyl (C=O) groups is 1. The Morgan fingerprint density at radius 3 is 2.52 bits per heavy atom. The molecule has 0 saturated heterocycles. The second kappa shape index (κ2) is 10.0. The molecule has 5 nitrogen and oxygen atoms in total. The van der Waals surface area contributed by atoms with E-state index >= 15 is 0 Å². The summed E-state index contributed by atoms with van der Waals surface area (Å²) in [5.74, 6) is 0.510. The summed E-state index contributed by atoms with van der Waals surface area (Å²) in [4.78, 5) is 18.9. The van der Waals surface area contributed by atoms with Crippen molar-refractivity contribution in [1.82, 2.24) is 9.88 Å². The van der Waals surface area contributed by atoms with Crippen molar-refractivity contribution in [3.05, 3.63) is 95.3 Å². The van der Waals surface area contributed by atoms with Crippen LogP contribution in [0.2, 0.25) is 0 Å². The van der Waals surface area contributed by atoms with E-state index < -0.39 is 0 Å². The number of rotatable bonds is 8. The van der Waals surface area contributed by atoms with Gasteiger partial charge in [-0.2, -0.15) is 5.26 Å². The fourth-order valence-corrected chi connectivity index (χ4v) is 2.97. The van der Waals surface area contributed by atoms with Crippen LogP contribution in [0.15, 0.2) is 73.1 Å². The van der Waals surface area contributed by atoms with Gasteiger partial charge in [0.25, 0.3) is 5.91 Å². The zero-order valence-corrected chi connectivity index (χ0v) is 16.4. The number of amides is 1. The molecule has 3 rings (SSSR count). The van der Waals surface area contributed by atoms with Crippen LogP contribution in [0.4, 0.5) is 0 Å². The van der Waals surface area contributed by atoms with Crippen LogP contribution in [-0.4, -0.2) is 22.4 Å². The summed E-state index contributed by atoms with van der Waals surface area (Å²) < 4.78 is 5.70. The Morgan fingerprint density at radius 1 is 1.03 bits per heavy atom. The molecular formula is C24H23N3O2. The van der Waals surface area contributed by atoms with E-state index in [2.05, 4.69) is 11.1 Å². The third-order valence-corrected chi connectivity index (χ3v) is 4.64. The summed E-state index contributed by atoms with van der Waals surface area (Å²) >= 11 is 0. The SMILES string of the molecule is Cc1ccccc1CN(Cc1cccnc1)C(=O)COc1ccc(CC#N)cc1. The van der Waals surface area contributed by atoms with Gasteiger partial charge in [0.2, 0.25) is 0 Å². The number of benzene rings is 2. The summed E-state index contributed by atoms with van der Waals surface area (Å²) in [5.41, 5.74) is 4.13. The minimum Gasteiger partial charge on any atom is -0.484 e. The monoisotopic (exact) mass is 385 g/mol. The molecule has 0 N–H and O–H groups in total. The Kier molecular flexibility index (Phi) is 6.96. The number of nitrogens with zero attached hydrogens (tertiary/aromatic N) is 3. The highest BCUT2D eigenvalue weighted by Crippen LogP contribution is 2.16. The normalized spacial score (nSPS) is 10.2. The van der Waals surface area contributed by atoms with Gasteiger partial charge in [0, 0.05) is 25.5 Å². The average Bonchev–Trinajstić information content (AvgIpc) is 2.75. The zero-order valence-electron chi connectivity index (χ0n) is 16.4. The smallest absolute Gasteiger partial charge is 0.261 e. The summed E-state index contributed by atoms with van der Waals surface area (Å²) in [6.07, 6.45) is 3.84. The molecule has 1 amide bonds. The van der Waals surface area contributed by atoms with Crippen LogP contribution in [0.3, 0.4) is 0 Å². The van der Waals surface area contributed by atoms with Crippen molar-refractivity contribution in [3.8, 4) is 11.8 Å². The number of hydrogen-bond donors (Lipinski definition) is 0. The lowest BCUT2D eigenvalue weighted by atomic mass is 10.1. The number of hydrogen-bond acceptors (Lipinski definition) is 4. The van der Waals surface area contributed by atoms with Gasteiger partial charge >= 0.3 is 0 Å². The molecule has 0 atom stereocenters. The molecule has 5 heteroatoms. The van der Waals surface area contributed by atoms with E-state index in [0.29, 0.717) is 25.3 Å². The van der Waals surface area contributed by atoms with Crippen LogP contribution >= 0.6 is 0 Å². The van der Waals surface area contributed by atoms with Crippen molar-refractivity contribution < 1.29 is 9.53 Å². The number of nitriles is 1. The van der Waals surface area contributed by atoms with E-state index in [9.17, 15) is 4.79 Å². The number of carbonyl (C=O) groups excluding carboxylic acids is 1. The first kappa shape index (κ1) is 20.1. The molecule has 0 spiro atoms. The van der Waals surface area contributed by atoms with E-state index in [1.807, 2.05) is 55.5 Å². The summed E-state index contributed by atoms with van der Waals surface area (Å²) in [7, 11) is 0. The second-order valence-electron chi connectivity index (χ2n) is 6.81. The third-order valence-electron chi connectivity index (χ3n) is 4.64. The molecule has 0 unspecified atom stereocenters. The maximum Gasteiger partial charge on any atom is 0.261 e. The van der Waals surface area contributed by atoms with Crippen LogP contribution in [0.5, 0.6) is 5.75 Å². The van der Waals surface area contributed by atoms with Crippen LogP contribution < -0.4 is 4.74 Å². The molecule has 146 valence electrons. The van der Waals surface area contributed by atoms with Gasteiger partial charge in [-0.3, -0.25) is 9.78 Å². The first-order valence-electron chi connectivity index (χ1n) is 9.45. The predicted molar refractivity (Wildman–Crippen MR) is 111 cm³/mol. The first-order chi connectivity index (χ1) is 14.2. The molecule has 0 aliphatic heterocycles. The maximum atomic E-state index is 12.9. The topological polar surface area (TPSA) is 66.2 Å². The van der Waals surface area contributed by atoms with E-state index in [-0.39, 0.29) is 12.5 Å². The lowest BCUT2D eigenvalue weighted by molar-refractivity contribution is -0.134. The lowest BCUT2D eigenvalue weighted by Crippen LogP contribution is -2.34. The molecule has 3 aromatic rings. The molecule has 0 saturated carbocycles. The van der Waals surface area contributed by atoms with E-state index in [4.69, 9.17) is 10.00 Å². The second-order valence-corrected chi connectivity index (χ2v) is 6.81. The number of aromatic nitrogens is 1. The Balaban J connectivity index is 1.69. The van der Waals surface area contributed by atoms with Gasteiger partial charge in [0.05, 0.1) is 12.5 Å². The van der Waals surface area contributed by atoms with Crippen molar-refractivity contribution in [1.29, 1.82) is 5.26 Å². The molecule has 2 aromatic carbocycles. The molecule has 29 heavy (non-hydrogen) atoms. The minimum absolute atomic E-state index is 0.0518. The van der Waals surface area contributed by atoms with Crippen LogP contribution in [0, 0.1) is 18.3 Å². The summed E-state index contributed by atoms with van der Waals surface area (Å²) in [6.45, 7) is 2.96. The molecule has 0 aliphatic rings. The van der Waals surface area contributed by atoms with Gasteiger partial charge < -0.3 is 9.64 Å². The largest absolute Gasteiger partial charge is 0.484 e. The van der Waals surface area contributed by atoms with Crippen molar-refractivity contribution in [2.24, 2.45) is 0 Å². The number of ether oxygens (including phenoxy) is 1. The third kappa shape index (κ3) is 5.91. The quantitative estimate of drug-likeness (QED) is 0.586. The van der Waals surface area contributed by atoms with Gasteiger partial charge in [0.15, 0.2) is 6.61 Å². The first-order valence-corrected chi connectivity index (χ1v) is 9.45. The minimum atomic E-state index is -0.0989. The van der Waals surface area contributed by atoms with Crippen molar-refractivity contribution >= 4 is 5.91 Å². The number of pyridine rings is 1. The molecule has 0 fully saturated rings. The summed E-state index contributed by atoms with van der Waals surface area (Å²) in [5, 5.41) is 8.75. The Hall–Kier alpha value is -3.65. The molecule has 0 aliphatic carbocycles. The van der Waals surface area contributed by atoms with Gasteiger partial charge in [-0.15, -0.1) is 0 Å². The molecular weight excluding hydrogens is 362 g/mol. The van der Waals surface area contributed by atoms with Crippen LogP contribution in [0.25, 0.3) is 0 Å². The van der Waals surface area contributed by atoms with Crippen LogP contribution in [0.1, 0.15) is 22.3 Å². The Bertz CT molecular complexity index is 979. The van der Waals surface area contributed by atoms with Crippen LogP contribution in [-0.2, 0) is 24.3 Å². The predicted octanol–water partition coefficient (Wildman–Crippen LogP) is 4.06. The van der Waals surface area contributed by atoms with E-state index in [0.717, 1.165) is 22.3 Å². The molecule has 1 aromatic heterocycles. The fourth-order valence-electron chi connectivity index (χ4n) is 2.97.